The number of benzene rings is 2. The van der Waals surface area contributed by atoms with Crippen LogP contribution in [0.1, 0.15) is 29.5 Å². The second-order valence-electron chi connectivity index (χ2n) is 7.45. The van der Waals surface area contributed by atoms with Gasteiger partial charge in [-0.2, -0.15) is 0 Å². The molecule has 0 saturated carbocycles. The van der Waals surface area contributed by atoms with Crippen LogP contribution in [-0.4, -0.2) is 49.0 Å². The number of aliphatic imine (C=N–C) groups is 1. The molecule has 2 aliphatic heterocycles. The van der Waals surface area contributed by atoms with Gasteiger partial charge in [0, 0.05) is 30.0 Å². The SMILES string of the molecule is Oc1cc(CN/C=C2\CN=Cc3ccc(Br)cc32)ccc1OCCN1CCCC1. The normalized spacial score (nSPS) is 17.5. The molecule has 2 N–H and O–H groups in total. The largest absolute Gasteiger partial charge is 0.504 e. The van der Waals surface area contributed by atoms with E-state index in [4.69, 9.17) is 4.74 Å². The molecule has 2 heterocycles. The zero-order chi connectivity index (χ0) is 20.1. The molecule has 4 rings (SSSR count). The number of phenolic OH excluding ortho intramolecular Hbond substituents is 1. The predicted molar refractivity (Wildman–Crippen MR) is 121 cm³/mol. The number of hydrogen-bond donors (Lipinski definition) is 2. The van der Waals surface area contributed by atoms with Gasteiger partial charge in [-0.3, -0.25) is 9.89 Å². The Bertz CT molecular complexity index is 920. The average Bonchev–Trinajstić information content (AvgIpc) is 3.23. The second-order valence-corrected chi connectivity index (χ2v) is 8.37. The van der Waals surface area contributed by atoms with Crippen LogP contribution < -0.4 is 10.1 Å². The molecule has 1 saturated heterocycles. The van der Waals surface area contributed by atoms with Crippen LogP contribution in [0.2, 0.25) is 0 Å². The first-order valence-electron chi connectivity index (χ1n) is 10.1. The molecule has 0 spiro atoms. The lowest BCUT2D eigenvalue weighted by molar-refractivity contribution is 0.231. The van der Waals surface area contributed by atoms with E-state index in [1.54, 1.807) is 6.07 Å². The first kappa shape index (κ1) is 20.0. The Labute approximate surface area is 180 Å². The van der Waals surface area contributed by atoms with Crippen LogP contribution in [0.3, 0.4) is 0 Å². The van der Waals surface area contributed by atoms with Crippen molar-refractivity contribution in [1.29, 1.82) is 0 Å². The van der Waals surface area contributed by atoms with E-state index >= 15 is 0 Å². The van der Waals surface area contributed by atoms with Crippen molar-refractivity contribution in [2.45, 2.75) is 19.4 Å². The van der Waals surface area contributed by atoms with Gasteiger partial charge in [-0.25, -0.2) is 0 Å². The molecule has 5 nitrogen and oxygen atoms in total. The van der Waals surface area contributed by atoms with E-state index in [1.165, 1.54) is 18.4 Å². The topological polar surface area (TPSA) is 57.1 Å². The summed E-state index contributed by atoms with van der Waals surface area (Å²) >= 11 is 3.54. The Morgan fingerprint density at radius 2 is 2.03 bits per heavy atom. The van der Waals surface area contributed by atoms with Gasteiger partial charge in [-0.05, 0) is 72.5 Å². The monoisotopic (exact) mass is 455 g/mol. The highest BCUT2D eigenvalue weighted by Crippen LogP contribution is 2.28. The maximum absolute atomic E-state index is 10.3. The Morgan fingerprint density at radius 1 is 1.17 bits per heavy atom. The number of ether oxygens (including phenoxy) is 1. The number of fused-ring (bicyclic) bond motifs is 1. The second kappa shape index (κ2) is 9.46. The molecule has 0 aromatic heterocycles. The van der Waals surface area contributed by atoms with E-state index < -0.39 is 0 Å². The fourth-order valence-corrected chi connectivity index (χ4v) is 4.11. The average molecular weight is 456 g/mol. The molecule has 152 valence electrons. The minimum absolute atomic E-state index is 0.190. The van der Waals surface area contributed by atoms with Crippen molar-refractivity contribution in [3.63, 3.8) is 0 Å². The van der Waals surface area contributed by atoms with Crippen molar-refractivity contribution in [1.82, 2.24) is 10.2 Å². The summed E-state index contributed by atoms with van der Waals surface area (Å²) in [5, 5.41) is 13.6. The van der Waals surface area contributed by atoms with Crippen LogP contribution >= 0.6 is 15.9 Å². The number of hydrogen-bond acceptors (Lipinski definition) is 5. The molecular weight excluding hydrogens is 430 g/mol. The number of rotatable bonds is 7. The maximum Gasteiger partial charge on any atom is 0.160 e. The van der Waals surface area contributed by atoms with Crippen LogP contribution in [0, 0.1) is 0 Å². The van der Waals surface area contributed by atoms with Crippen molar-refractivity contribution in [2.24, 2.45) is 4.99 Å². The summed E-state index contributed by atoms with van der Waals surface area (Å²) in [4.78, 5) is 6.83. The van der Waals surface area contributed by atoms with E-state index in [1.807, 2.05) is 30.6 Å². The first-order chi connectivity index (χ1) is 14.2. The van der Waals surface area contributed by atoms with E-state index in [2.05, 4.69) is 43.3 Å². The zero-order valence-corrected chi connectivity index (χ0v) is 18.0. The van der Waals surface area contributed by atoms with Gasteiger partial charge in [0.2, 0.25) is 0 Å². The fourth-order valence-electron chi connectivity index (χ4n) is 3.75. The summed E-state index contributed by atoms with van der Waals surface area (Å²) in [6.07, 6.45) is 6.48. The van der Waals surface area contributed by atoms with Crippen LogP contribution in [0.4, 0.5) is 0 Å². The van der Waals surface area contributed by atoms with Crippen molar-refractivity contribution in [3.8, 4) is 11.5 Å². The molecule has 0 atom stereocenters. The van der Waals surface area contributed by atoms with Gasteiger partial charge in [0.25, 0.3) is 0 Å². The van der Waals surface area contributed by atoms with Crippen molar-refractivity contribution >= 4 is 27.7 Å². The third kappa shape index (κ3) is 5.19. The molecule has 1 fully saturated rings. The molecule has 2 aromatic carbocycles. The van der Waals surface area contributed by atoms with E-state index in [0.717, 1.165) is 40.8 Å². The lowest BCUT2D eigenvalue weighted by atomic mass is 9.99. The summed E-state index contributed by atoms with van der Waals surface area (Å²) in [7, 11) is 0. The van der Waals surface area contributed by atoms with Crippen LogP contribution in [0.15, 0.2) is 52.1 Å². The van der Waals surface area contributed by atoms with Crippen molar-refractivity contribution in [2.75, 3.05) is 32.8 Å². The van der Waals surface area contributed by atoms with Gasteiger partial charge in [0.1, 0.15) is 6.61 Å². The minimum Gasteiger partial charge on any atom is -0.504 e. The van der Waals surface area contributed by atoms with E-state index in [-0.39, 0.29) is 5.75 Å². The van der Waals surface area contributed by atoms with Crippen LogP contribution in [-0.2, 0) is 6.54 Å². The number of aromatic hydroxyl groups is 1. The molecule has 0 amide bonds. The van der Waals surface area contributed by atoms with Gasteiger partial charge in [0.15, 0.2) is 11.5 Å². The smallest absolute Gasteiger partial charge is 0.160 e. The summed E-state index contributed by atoms with van der Waals surface area (Å²) in [6, 6.07) is 11.8. The molecule has 2 aliphatic rings. The van der Waals surface area contributed by atoms with Gasteiger partial charge >= 0.3 is 0 Å². The molecule has 6 heteroatoms. The number of likely N-dealkylation sites (tertiary alicyclic amines) is 1. The lowest BCUT2D eigenvalue weighted by Crippen LogP contribution is -2.25. The Morgan fingerprint density at radius 3 is 2.86 bits per heavy atom. The number of phenols is 1. The number of nitrogens with zero attached hydrogens (tertiary/aromatic N) is 2. The third-order valence-corrected chi connectivity index (χ3v) is 5.82. The summed E-state index contributed by atoms with van der Waals surface area (Å²) in [5.41, 5.74) is 4.46. The van der Waals surface area contributed by atoms with E-state index in [9.17, 15) is 5.11 Å². The number of halogens is 1. The predicted octanol–water partition coefficient (Wildman–Crippen LogP) is 4.19. The molecular formula is C23H26BrN3O2. The fraction of sp³-hybridized carbons (Fsp3) is 0.348. The highest BCUT2D eigenvalue weighted by Gasteiger charge is 2.12. The van der Waals surface area contributed by atoms with E-state index in [0.29, 0.717) is 25.4 Å². The zero-order valence-electron chi connectivity index (χ0n) is 16.4. The first-order valence-corrected chi connectivity index (χ1v) is 10.9. The van der Waals surface area contributed by atoms with Gasteiger partial charge in [-0.1, -0.05) is 28.1 Å². The highest BCUT2D eigenvalue weighted by molar-refractivity contribution is 9.10. The lowest BCUT2D eigenvalue weighted by Gasteiger charge is -2.16. The molecule has 0 bridgehead atoms. The third-order valence-electron chi connectivity index (χ3n) is 5.32. The van der Waals surface area contributed by atoms with Crippen LogP contribution in [0.5, 0.6) is 11.5 Å². The summed E-state index contributed by atoms with van der Waals surface area (Å²) in [5.74, 6) is 0.738. The Kier molecular flexibility index (Phi) is 6.52. The minimum atomic E-state index is 0.190. The van der Waals surface area contributed by atoms with Gasteiger partial charge < -0.3 is 15.2 Å². The highest BCUT2D eigenvalue weighted by atomic mass is 79.9. The number of nitrogens with one attached hydrogen (secondary N) is 1. The molecule has 0 aliphatic carbocycles. The van der Waals surface area contributed by atoms with Gasteiger partial charge in [0.05, 0.1) is 6.54 Å². The summed E-state index contributed by atoms with van der Waals surface area (Å²) < 4.78 is 6.82. The maximum atomic E-state index is 10.3. The Hall–Kier alpha value is -2.31. The van der Waals surface area contributed by atoms with Crippen molar-refractivity contribution in [3.05, 3.63) is 63.8 Å². The van der Waals surface area contributed by atoms with Gasteiger partial charge in [-0.15, -0.1) is 0 Å². The molecule has 29 heavy (non-hydrogen) atoms. The standard InChI is InChI=1S/C23H26BrN3O2/c24-20-5-4-18-14-26-16-19(21(18)12-20)15-25-13-17-3-6-23(22(28)11-17)29-10-9-27-7-1-2-8-27/h3-6,11-12,14-15,25,28H,1-2,7-10,13,16H2/b19-15+. The quantitative estimate of drug-likeness (QED) is 0.656. The van der Waals surface area contributed by atoms with Crippen LogP contribution in [0.25, 0.3) is 5.57 Å². The van der Waals surface area contributed by atoms with Crippen molar-refractivity contribution < 1.29 is 9.84 Å². The molecule has 0 radical (unpaired) electrons. The summed E-state index contributed by atoms with van der Waals surface area (Å²) in [6.45, 7) is 5.11. The Balaban J connectivity index is 1.32. The molecule has 2 aromatic rings. The molecule has 0 unspecified atom stereocenters.